The predicted octanol–water partition coefficient (Wildman–Crippen LogP) is 1.01. The number of guanidine groups is 1. The standard InChI is InChI=1S/C13H23N5/c1-11-5-9-18(10-6-11)13(14)15-7-3-12-4-8-16-17(12)2/h4,8,11H,3,5-7,9-10H2,1-2H3,(H2,14,15). The van der Waals surface area contributed by atoms with Crippen LogP contribution in [0.5, 0.6) is 0 Å². The fourth-order valence-electron chi connectivity index (χ4n) is 2.27. The van der Waals surface area contributed by atoms with E-state index in [1.165, 1.54) is 18.5 Å². The number of aryl methyl sites for hydroxylation is 1. The van der Waals surface area contributed by atoms with Gasteiger partial charge in [-0.2, -0.15) is 5.10 Å². The molecular formula is C13H23N5. The molecule has 0 amide bonds. The zero-order chi connectivity index (χ0) is 13.0. The first-order valence-corrected chi connectivity index (χ1v) is 6.68. The van der Waals surface area contributed by atoms with Gasteiger partial charge in [0, 0.05) is 45.0 Å². The molecule has 1 saturated heterocycles. The van der Waals surface area contributed by atoms with E-state index in [0.717, 1.165) is 32.0 Å². The van der Waals surface area contributed by atoms with E-state index < -0.39 is 0 Å². The van der Waals surface area contributed by atoms with Crippen molar-refractivity contribution in [3.8, 4) is 0 Å². The SMILES string of the molecule is CC1CCN(C(N)=NCCc2ccnn2C)CC1. The molecule has 1 aliphatic rings. The second-order valence-electron chi connectivity index (χ2n) is 5.11. The van der Waals surface area contributed by atoms with Crippen LogP contribution in [0.15, 0.2) is 17.3 Å². The van der Waals surface area contributed by atoms with Gasteiger partial charge < -0.3 is 10.6 Å². The maximum atomic E-state index is 6.02. The van der Waals surface area contributed by atoms with Crippen LogP contribution < -0.4 is 5.73 Å². The van der Waals surface area contributed by atoms with Crippen LogP contribution in [0.4, 0.5) is 0 Å². The van der Waals surface area contributed by atoms with Crippen LogP contribution in [0.1, 0.15) is 25.5 Å². The summed E-state index contributed by atoms with van der Waals surface area (Å²) in [5, 5.41) is 4.14. The molecule has 1 aliphatic heterocycles. The van der Waals surface area contributed by atoms with Crippen molar-refractivity contribution in [3.05, 3.63) is 18.0 Å². The van der Waals surface area contributed by atoms with Gasteiger partial charge in [-0.3, -0.25) is 9.67 Å². The molecule has 0 aromatic carbocycles. The third kappa shape index (κ3) is 3.24. The predicted molar refractivity (Wildman–Crippen MR) is 73.4 cm³/mol. The normalized spacial score (nSPS) is 18.3. The Kier molecular flexibility index (Phi) is 4.23. The summed E-state index contributed by atoms with van der Waals surface area (Å²) in [5.41, 5.74) is 7.22. The number of aromatic nitrogens is 2. The van der Waals surface area contributed by atoms with Crippen LogP contribution in [0.3, 0.4) is 0 Å². The molecule has 5 nitrogen and oxygen atoms in total. The average molecular weight is 249 g/mol. The topological polar surface area (TPSA) is 59.4 Å². The van der Waals surface area contributed by atoms with Crippen molar-refractivity contribution in [2.24, 2.45) is 23.7 Å². The van der Waals surface area contributed by atoms with Gasteiger partial charge in [-0.15, -0.1) is 0 Å². The monoisotopic (exact) mass is 249 g/mol. The van der Waals surface area contributed by atoms with Crippen LogP contribution in [0.2, 0.25) is 0 Å². The molecule has 2 N–H and O–H groups in total. The van der Waals surface area contributed by atoms with Crippen LogP contribution in [-0.4, -0.2) is 40.3 Å². The highest BCUT2D eigenvalue weighted by Gasteiger charge is 2.16. The molecule has 1 fully saturated rings. The Hall–Kier alpha value is -1.52. The van der Waals surface area contributed by atoms with Crippen molar-refractivity contribution in [1.29, 1.82) is 0 Å². The lowest BCUT2D eigenvalue weighted by atomic mass is 10.00. The Morgan fingerprint density at radius 1 is 1.50 bits per heavy atom. The van der Waals surface area contributed by atoms with Crippen LogP contribution >= 0.6 is 0 Å². The van der Waals surface area contributed by atoms with Gasteiger partial charge in [0.15, 0.2) is 5.96 Å². The Balaban J connectivity index is 1.80. The van der Waals surface area contributed by atoms with Crippen molar-refractivity contribution in [3.63, 3.8) is 0 Å². The summed E-state index contributed by atoms with van der Waals surface area (Å²) < 4.78 is 1.88. The van der Waals surface area contributed by atoms with Gasteiger partial charge in [0.2, 0.25) is 0 Å². The Morgan fingerprint density at radius 2 is 2.22 bits per heavy atom. The van der Waals surface area contributed by atoms with E-state index in [1.54, 1.807) is 0 Å². The van der Waals surface area contributed by atoms with Crippen LogP contribution in [0, 0.1) is 5.92 Å². The van der Waals surface area contributed by atoms with Crippen molar-refractivity contribution in [1.82, 2.24) is 14.7 Å². The lowest BCUT2D eigenvalue weighted by molar-refractivity contribution is 0.277. The van der Waals surface area contributed by atoms with E-state index in [-0.39, 0.29) is 0 Å². The largest absolute Gasteiger partial charge is 0.370 e. The van der Waals surface area contributed by atoms with Crippen molar-refractivity contribution < 1.29 is 0 Å². The van der Waals surface area contributed by atoms with E-state index in [1.807, 2.05) is 24.0 Å². The summed E-state index contributed by atoms with van der Waals surface area (Å²) in [7, 11) is 1.95. The minimum Gasteiger partial charge on any atom is -0.370 e. The molecule has 0 saturated carbocycles. The summed E-state index contributed by atoms with van der Waals surface area (Å²) in [5.74, 6) is 1.52. The summed E-state index contributed by atoms with van der Waals surface area (Å²) in [4.78, 5) is 6.67. The third-order valence-corrected chi connectivity index (χ3v) is 3.67. The number of likely N-dealkylation sites (tertiary alicyclic amines) is 1. The second-order valence-corrected chi connectivity index (χ2v) is 5.11. The minimum absolute atomic E-state index is 0.698. The number of nitrogens with two attached hydrogens (primary N) is 1. The molecule has 5 heteroatoms. The van der Waals surface area contributed by atoms with Gasteiger partial charge in [-0.25, -0.2) is 0 Å². The molecule has 18 heavy (non-hydrogen) atoms. The molecule has 0 radical (unpaired) electrons. The van der Waals surface area contributed by atoms with Gasteiger partial charge in [-0.1, -0.05) is 6.92 Å². The smallest absolute Gasteiger partial charge is 0.191 e. The van der Waals surface area contributed by atoms with E-state index in [2.05, 4.69) is 21.9 Å². The van der Waals surface area contributed by atoms with Crippen LogP contribution in [0.25, 0.3) is 0 Å². The molecule has 2 rings (SSSR count). The van der Waals surface area contributed by atoms with Crippen molar-refractivity contribution in [2.75, 3.05) is 19.6 Å². The molecular weight excluding hydrogens is 226 g/mol. The quantitative estimate of drug-likeness (QED) is 0.642. The molecule has 100 valence electrons. The minimum atomic E-state index is 0.698. The Labute approximate surface area is 109 Å². The Morgan fingerprint density at radius 3 is 2.83 bits per heavy atom. The molecule has 0 spiro atoms. The second kappa shape index (κ2) is 5.89. The first-order chi connectivity index (χ1) is 8.66. The maximum Gasteiger partial charge on any atom is 0.191 e. The molecule has 0 unspecified atom stereocenters. The maximum absolute atomic E-state index is 6.02. The highest BCUT2D eigenvalue weighted by molar-refractivity contribution is 5.78. The van der Waals surface area contributed by atoms with Gasteiger partial charge >= 0.3 is 0 Å². The summed E-state index contributed by atoms with van der Waals surface area (Å²) in [6, 6.07) is 2.02. The number of nitrogens with zero attached hydrogens (tertiary/aromatic N) is 4. The fraction of sp³-hybridized carbons (Fsp3) is 0.692. The van der Waals surface area contributed by atoms with E-state index in [9.17, 15) is 0 Å². The highest BCUT2D eigenvalue weighted by Crippen LogP contribution is 2.15. The number of piperidine rings is 1. The van der Waals surface area contributed by atoms with Crippen molar-refractivity contribution in [2.45, 2.75) is 26.2 Å². The summed E-state index contributed by atoms with van der Waals surface area (Å²) >= 11 is 0. The van der Waals surface area contributed by atoms with Gasteiger partial charge in [0.05, 0.1) is 0 Å². The van der Waals surface area contributed by atoms with Crippen molar-refractivity contribution >= 4 is 5.96 Å². The third-order valence-electron chi connectivity index (χ3n) is 3.67. The number of aliphatic imine (C=N–C) groups is 1. The average Bonchev–Trinajstić information content (AvgIpc) is 2.76. The molecule has 2 heterocycles. The first kappa shape index (κ1) is 12.9. The molecule has 1 aromatic rings. The van der Waals surface area contributed by atoms with Crippen LogP contribution in [-0.2, 0) is 13.5 Å². The van der Waals surface area contributed by atoms with Gasteiger partial charge in [0.1, 0.15) is 0 Å². The lowest BCUT2D eigenvalue weighted by Gasteiger charge is -2.31. The number of rotatable bonds is 3. The zero-order valence-corrected chi connectivity index (χ0v) is 11.3. The lowest BCUT2D eigenvalue weighted by Crippen LogP contribution is -2.42. The number of hydrogen-bond acceptors (Lipinski definition) is 2. The first-order valence-electron chi connectivity index (χ1n) is 6.68. The molecule has 0 aliphatic carbocycles. The molecule has 1 aromatic heterocycles. The van der Waals surface area contributed by atoms with E-state index in [0.29, 0.717) is 5.96 Å². The summed E-state index contributed by atoms with van der Waals surface area (Å²) in [6.07, 6.45) is 5.14. The zero-order valence-electron chi connectivity index (χ0n) is 11.3. The molecule has 0 bridgehead atoms. The highest BCUT2D eigenvalue weighted by atomic mass is 15.3. The van der Waals surface area contributed by atoms with E-state index in [4.69, 9.17) is 5.73 Å². The van der Waals surface area contributed by atoms with Gasteiger partial charge in [0.25, 0.3) is 0 Å². The van der Waals surface area contributed by atoms with E-state index >= 15 is 0 Å². The summed E-state index contributed by atoms with van der Waals surface area (Å²) in [6.45, 7) is 5.12. The Bertz CT molecular complexity index is 401. The molecule has 0 atom stereocenters. The number of hydrogen-bond donors (Lipinski definition) is 1. The fourth-order valence-corrected chi connectivity index (χ4v) is 2.27. The van der Waals surface area contributed by atoms with Gasteiger partial charge in [-0.05, 0) is 24.8 Å².